The minimum Gasteiger partial charge on any atom is -0.507 e. The van der Waals surface area contributed by atoms with Crippen molar-refractivity contribution in [1.29, 1.82) is 5.26 Å². The van der Waals surface area contributed by atoms with Gasteiger partial charge in [-0.05, 0) is 99.0 Å². The van der Waals surface area contributed by atoms with E-state index >= 15 is 0 Å². The SMILES string of the molecule is C.C.CB(O)CCCN.CC/C=C\CC(=O)NCCCC(=O)Cc1ccc(O)c(C(=O)O)c1.CC/C=C\CC(=O)O.COC(=O)c1cc(CC(=O)CCCN)ccc1O.COC(=O)c1cc(OC#N)ccc1O.F.FF.[B][B][B].[HH].[HH]. The number of benzene rings is 3. The summed E-state index contributed by atoms with van der Waals surface area (Å²) in [6.45, 7) is 7.16. The van der Waals surface area contributed by atoms with E-state index < -0.39 is 23.9 Å². The number of aromatic hydroxyl groups is 3. The quantitative estimate of drug-likeness (QED) is 0.0138. The van der Waals surface area contributed by atoms with Crippen LogP contribution in [0.15, 0.2) is 78.9 Å². The third-order valence-electron chi connectivity index (χ3n) is 8.94. The number of halogens is 3. The number of amides is 1. The number of hydrogen-bond donors (Lipinski definition) is 9. The first kappa shape index (κ1) is 85.4. The number of esters is 2. The van der Waals surface area contributed by atoms with Crippen LogP contribution in [0, 0.1) is 11.5 Å². The van der Waals surface area contributed by atoms with Gasteiger partial charge in [0.2, 0.25) is 5.91 Å². The van der Waals surface area contributed by atoms with Gasteiger partial charge in [0.25, 0.3) is 13.2 Å². The van der Waals surface area contributed by atoms with Crippen LogP contribution in [0.5, 0.6) is 23.0 Å². The van der Waals surface area contributed by atoms with E-state index in [4.69, 9.17) is 41.1 Å². The van der Waals surface area contributed by atoms with Crippen molar-refractivity contribution in [3.8, 4) is 29.3 Å². The third-order valence-corrected chi connectivity index (χ3v) is 8.94. The molecule has 0 aromatic heterocycles. The molecular weight excluding hydrogens is 1040 g/mol. The van der Waals surface area contributed by atoms with Crippen LogP contribution < -0.4 is 21.5 Å². The fourth-order valence-corrected chi connectivity index (χ4v) is 5.37. The molecule has 0 aliphatic rings. The number of ketones is 2. The predicted octanol–water partition coefficient (Wildman–Crippen LogP) is 7.51. The molecule has 27 heteroatoms. The molecule has 0 aliphatic heterocycles. The highest BCUT2D eigenvalue weighted by atomic mass is 20.0. The second kappa shape index (κ2) is 56.6. The number of nitrogens with two attached hydrogens (primary N) is 2. The highest BCUT2D eigenvalue weighted by Crippen LogP contribution is 2.24. The van der Waals surface area contributed by atoms with Crippen LogP contribution in [0.4, 0.5) is 13.9 Å². The molecule has 79 heavy (non-hydrogen) atoms. The lowest BCUT2D eigenvalue weighted by molar-refractivity contribution is -0.136. The first-order valence-electron chi connectivity index (χ1n) is 23.4. The number of phenolic OH excluding ortho intramolecular Hbond substituents is 2. The molecular formula is C52H82B4F3N4O16. The van der Waals surface area contributed by atoms with Crippen molar-refractivity contribution in [2.75, 3.05) is 33.9 Å². The molecule has 0 bridgehead atoms. The molecule has 0 heterocycles. The summed E-state index contributed by atoms with van der Waals surface area (Å²) in [5.41, 5.74) is 11.5. The van der Waals surface area contributed by atoms with Gasteiger partial charge in [-0.25, -0.2) is 14.4 Å². The van der Waals surface area contributed by atoms with E-state index in [1.165, 1.54) is 69.0 Å². The largest absolute Gasteiger partial charge is 0.507 e. The maximum absolute atomic E-state index is 11.9. The summed E-state index contributed by atoms with van der Waals surface area (Å²) < 4.78 is 29.4. The molecule has 0 atom stereocenters. The Bertz CT molecular complexity index is 2290. The number of aliphatic carboxylic acids is 1. The van der Waals surface area contributed by atoms with Gasteiger partial charge in [0, 0.05) is 79.3 Å². The predicted molar refractivity (Wildman–Crippen MR) is 306 cm³/mol. The van der Waals surface area contributed by atoms with Crippen LogP contribution in [-0.4, -0.2) is 135 Å². The topological polar surface area (TPSA) is 356 Å². The number of carboxylic acid groups (broad SMARTS) is 2. The molecule has 0 unspecified atom stereocenters. The van der Waals surface area contributed by atoms with E-state index in [0.29, 0.717) is 62.9 Å². The number of aromatic carboxylic acids is 1. The zero-order valence-electron chi connectivity index (χ0n) is 44.0. The van der Waals surface area contributed by atoms with E-state index in [0.717, 1.165) is 32.6 Å². The van der Waals surface area contributed by atoms with Gasteiger partial charge >= 0.3 is 23.9 Å². The summed E-state index contributed by atoms with van der Waals surface area (Å²) in [5, 5.41) is 64.8. The lowest BCUT2D eigenvalue weighted by atomic mass is 9.40. The number of allylic oxidation sites excluding steroid dienone is 2. The van der Waals surface area contributed by atoms with Crippen molar-refractivity contribution in [3.05, 3.63) is 107 Å². The zero-order chi connectivity index (χ0) is 58.9. The van der Waals surface area contributed by atoms with E-state index in [1.54, 1.807) is 19.0 Å². The minimum absolute atomic E-state index is 0. The number of nitrogens with one attached hydrogen (secondary N) is 1. The van der Waals surface area contributed by atoms with Gasteiger partial charge in [0.05, 0.1) is 20.6 Å². The number of carbonyl (C=O) groups excluding carboxylic acids is 5. The van der Waals surface area contributed by atoms with Crippen molar-refractivity contribution in [1.82, 2.24) is 5.32 Å². The average molecular weight is 1120 g/mol. The maximum Gasteiger partial charge on any atom is 0.341 e. The second-order valence-electron chi connectivity index (χ2n) is 15.2. The molecule has 0 saturated heterocycles. The first-order valence-corrected chi connectivity index (χ1v) is 23.4. The van der Waals surface area contributed by atoms with Crippen LogP contribution >= 0.6 is 0 Å². The standard InChI is InChI=1S/C18H23NO5.C13H17NO4.C9H7NO4.C6H10O2.C4H12BNO.2CH4.B3.F2.FH.2H2/c1-2-3-4-7-17(22)19-10-5-6-14(20)11-13-8-9-16(21)15(12-13)18(23)24;1-18-13(17)11-8-9(4-5-12(11)16)7-10(15)3-2-6-14;1-13-9(12)7-4-6(14-5-10)2-3-8(7)11;1-2-3-4-5-6(7)8;1-5(7)3-2-4-6;;;1-3-2;1-2;;;/h3-4,8-9,12,21H,2,5-7,10-11H2,1H3,(H,19,22)(H,23,24);4-5,8,16H,2-3,6-7,14H2,1H3;2-4,11H,1H3;3-4H,2,5H2,1H3,(H,7,8);7H,2-4,6H2,1H3;2*1H4;;;3*1H/b4-3-;;;4-3-;;;;;;;;. The summed E-state index contributed by atoms with van der Waals surface area (Å²) in [7, 11) is 12.4. The van der Waals surface area contributed by atoms with Crippen LogP contribution in [0.1, 0.15) is 132 Å². The molecule has 3 aromatic rings. The van der Waals surface area contributed by atoms with Crippen molar-refractivity contribution in [3.63, 3.8) is 0 Å². The highest BCUT2D eigenvalue weighted by Gasteiger charge is 2.15. The third kappa shape index (κ3) is 47.4. The summed E-state index contributed by atoms with van der Waals surface area (Å²) in [6.07, 6.45) is 15.0. The summed E-state index contributed by atoms with van der Waals surface area (Å²) >= 11 is 0. The van der Waals surface area contributed by atoms with E-state index in [9.17, 15) is 48.9 Å². The smallest absolute Gasteiger partial charge is 0.341 e. The van der Waals surface area contributed by atoms with E-state index in [2.05, 4.69) is 35.0 Å². The Labute approximate surface area is 468 Å². The summed E-state index contributed by atoms with van der Waals surface area (Å²) in [6, 6.07) is 12.4. The number of methoxy groups -OCH3 is 2. The lowest BCUT2D eigenvalue weighted by Crippen LogP contribution is -2.24. The van der Waals surface area contributed by atoms with Gasteiger partial charge in [-0.15, -0.1) is 5.26 Å². The number of nitrogens with zero attached hydrogens (tertiary/aromatic N) is 1. The van der Waals surface area contributed by atoms with Gasteiger partial charge in [0.15, 0.2) is 0 Å². The average Bonchev–Trinajstić information content (AvgIpc) is 3.39. The van der Waals surface area contributed by atoms with Crippen molar-refractivity contribution in [2.24, 2.45) is 11.5 Å². The zero-order valence-corrected chi connectivity index (χ0v) is 44.0. The fraction of sp³-hybridized carbons (Fsp3) is 0.423. The van der Waals surface area contributed by atoms with E-state index in [-0.39, 0.29) is 106 Å². The number of rotatable bonds is 24. The Morgan fingerprint density at radius 1 is 0.722 bits per heavy atom. The first-order chi connectivity index (χ1) is 36.2. The molecule has 439 valence electrons. The van der Waals surface area contributed by atoms with E-state index in [1.807, 2.05) is 32.1 Å². The fourth-order valence-electron chi connectivity index (χ4n) is 5.37. The van der Waals surface area contributed by atoms with Crippen LogP contribution in [0.25, 0.3) is 0 Å². The van der Waals surface area contributed by atoms with Gasteiger partial charge in [-0.1, -0.05) is 72.0 Å². The Morgan fingerprint density at radius 3 is 1.53 bits per heavy atom. The number of carboxylic acids is 2. The van der Waals surface area contributed by atoms with Crippen molar-refractivity contribution < 1.29 is 95.0 Å². The number of carbonyl (C=O) groups is 7. The number of nitriles is 1. The molecule has 5 radical (unpaired) electrons. The highest BCUT2D eigenvalue weighted by molar-refractivity contribution is 7.17. The molecule has 3 aromatic carbocycles. The number of Topliss-reactive ketones (excluding diaryl/α,β-unsaturated/α-hetero) is 2. The number of phenols is 3. The van der Waals surface area contributed by atoms with Gasteiger partial charge < -0.3 is 61.6 Å². The number of hydrogen-bond acceptors (Lipinski definition) is 17. The molecule has 11 N–H and O–H groups in total. The van der Waals surface area contributed by atoms with Gasteiger partial charge in [-0.3, -0.25) is 23.9 Å². The van der Waals surface area contributed by atoms with Crippen molar-refractivity contribution >= 4 is 70.8 Å². The minimum atomic E-state index is -1.23. The molecule has 3 rings (SSSR count). The monoisotopic (exact) mass is 1120 g/mol. The summed E-state index contributed by atoms with van der Waals surface area (Å²) in [5.74, 6) is -3.90. The van der Waals surface area contributed by atoms with Crippen LogP contribution in [0.3, 0.4) is 0 Å². The summed E-state index contributed by atoms with van der Waals surface area (Å²) in [4.78, 5) is 78.1. The number of ether oxygens (including phenoxy) is 3. The Hall–Kier alpha value is -7.55. The Morgan fingerprint density at radius 2 is 1.14 bits per heavy atom. The normalized spacial score (nSPS) is 9.18. The second-order valence-corrected chi connectivity index (χ2v) is 15.2. The Balaban J connectivity index is -0.000000116. The van der Waals surface area contributed by atoms with Crippen LogP contribution in [0.2, 0.25) is 13.1 Å². The molecule has 20 nitrogen and oxygen atoms in total. The molecule has 1 amide bonds. The molecule has 0 saturated carbocycles. The lowest BCUT2D eigenvalue weighted by Gasteiger charge is -2.06. The van der Waals surface area contributed by atoms with Crippen LogP contribution in [-0.2, 0) is 41.5 Å². The maximum atomic E-state index is 11.9. The molecule has 0 fully saturated rings. The Kier molecular flexibility index (Phi) is 61.2. The van der Waals surface area contributed by atoms with Gasteiger partial charge in [-0.2, -0.15) is 0 Å². The van der Waals surface area contributed by atoms with Gasteiger partial charge in [0.1, 0.15) is 51.3 Å². The molecule has 0 spiro atoms. The van der Waals surface area contributed by atoms with Crippen molar-refractivity contribution in [2.45, 2.75) is 112 Å². The molecule has 0 aliphatic carbocycles.